The molecule has 24 heavy (non-hydrogen) atoms. The fraction of sp³-hybridized carbons (Fsp3) is 0.267. The zero-order valence-electron chi connectivity index (χ0n) is 12.7. The molecule has 0 spiro atoms. The second-order valence-electron chi connectivity index (χ2n) is 5.50. The third-order valence-corrected chi connectivity index (χ3v) is 3.88. The summed E-state index contributed by atoms with van der Waals surface area (Å²) in [6, 6.07) is 2.67. The van der Waals surface area contributed by atoms with Gasteiger partial charge in [-0.15, -0.1) is 0 Å². The molecule has 1 saturated carbocycles. The molecule has 124 valence electrons. The van der Waals surface area contributed by atoms with Crippen LogP contribution in [-0.4, -0.2) is 38.8 Å². The lowest BCUT2D eigenvalue weighted by Gasteiger charge is -2.07. The fourth-order valence-corrected chi connectivity index (χ4v) is 2.42. The first kappa shape index (κ1) is 16.1. The van der Waals surface area contributed by atoms with Crippen LogP contribution < -0.4 is 16.2 Å². The van der Waals surface area contributed by atoms with E-state index in [1.165, 1.54) is 18.6 Å². The van der Waals surface area contributed by atoms with Gasteiger partial charge in [-0.1, -0.05) is 11.6 Å². The molecular weight excluding hydrogens is 334 g/mol. The highest BCUT2D eigenvalue weighted by atomic mass is 35.5. The number of carbonyl (C=O) groups excluding carboxylic acids is 2. The van der Waals surface area contributed by atoms with Gasteiger partial charge in [0.1, 0.15) is 17.6 Å². The fourth-order valence-electron chi connectivity index (χ4n) is 2.23. The number of hydrogen-bond donors (Lipinski definition) is 3. The first-order valence-electron chi connectivity index (χ1n) is 7.23. The van der Waals surface area contributed by atoms with Crippen LogP contribution in [0.2, 0.25) is 5.02 Å². The number of aromatic nitrogens is 3. The van der Waals surface area contributed by atoms with Crippen LogP contribution in [0, 0.1) is 6.92 Å². The second kappa shape index (κ2) is 6.40. The Morgan fingerprint density at radius 1 is 1.25 bits per heavy atom. The van der Waals surface area contributed by atoms with Crippen LogP contribution in [0.5, 0.6) is 0 Å². The van der Waals surface area contributed by atoms with Crippen molar-refractivity contribution in [1.82, 2.24) is 25.6 Å². The highest BCUT2D eigenvalue weighted by Gasteiger charge is 2.40. The van der Waals surface area contributed by atoms with Crippen LogP contribution in [0.4, 0.5) is 0 Å². The molecule has 0 unspecified atom stereocenters. The number of aromatic amines is 1. The molecule has 3 rings (SSSR count). The van der Waals surface area contributed by atoms with Crippen molar-refractivity contribution in [2.45, 2.75) is 25.4 Å². The van der Waals surface area contributed by atoms with E-state index < -0.39 is 17.4 Å². The van der Waals surface area contributed by atoms with Crippen LogP contribution in [-0.2, 0) is 0 Å². The van der Waals surface area contributed by atoms with Crippen molar-refractivity contribution in [1.29, 1.82) is 0 Å². The summed E-state index contributed by atoms with van der Waals surface area (Å²) in [4.78, 5) is 46.0. The van der Waals surface area contributed by atoms with Crippen molar-refractivity contribution >= 4 is 23.4 Å². The summed E-state index contributed by atoms with van der Waals surface area (Å²) in [5, 5.41) is 5.59. The average Bonchev–Trinajstić information content (AvgIpc) is 3.24. The Balaban J connectivity index is 1.58. The van der Waals surface area contributed by atoms with E-state index in [2.05, 4.69) is 25.6 Å². The van der Waals surface area contributed by atoms with E-state index in [-0.39, 0.29) is 28.4 Å². The molecule has 1 aliphatic rings. The summed E-state index contributed by atoms with van der Waals surface area (Å²) in [5.74, 6) is -0.907. The van der Waals surface area contributed by atoms with Crippen molar-refractivity contribution in [3.8, 4) is 0 Å². The number of nitrogens with one attached hydrogen (secondary N) is 3. The van der Waals surface area contributed by atoms with E-state index in [1.807, 2.05) is 0 Å². The molecule has 0 radical (unpaired) electrons. The molecule has 0 aromatic carbocycles. The van der Waals surface area contributed by atoms with E-state index in [0.717, 1.165) is 0 Å². The van der Waals surface area contributed by atoms with Crippen molar-refractivity contribution in [2.75, 3.05) is 0 Å². The molecule has 3 N–H and O–H groups in total. The number of pyridine rings is 1. The first-order chi connectivity index (χ1) is 11.5. The largest absolute Gasteiger partial charge is 0.347 e. The Bertz CT molecular complexity index is 866. The first-order valence-corrected chi connectivity index (χ1v) is 7.60. The Morgan fingerprint density at radius 2 is 1.96 bits per heavy atom. The zero-order chi connectivity index (χ0) is 17.3. The molecule has 1 aliphatic carbocycles. The molecule has 0 bridgehead atoms. The van der Waals surface area contributed by atoms with Gasteiger partial charge in [0.25, 0.3) is 17.4 Å². The molecule has 2 aromatic heterocycles. The van der Waals surface area contributed by atoms with Gasteiger partial charge in [0.05, 0.1) is 17.1 Å². The quantitative estimate of drug-likeness (QED) is 0.741. The number of rotatable bonds is 4. The smallest absolute Gasteiger partial charge is 0.271 e. The van der Waals surface area contributed by atoms with E-state index >= 15 is 0 Å². The minimum absolute atomic E-state index is 0.0384. The maximum atomic E-state index is 12.1. The molecule has 9 heteroatoms. The Kier molecular flexibility index (Phi) is 4.30. The highest BCUT2D eigenvalue weighted by Crippen LogP contribution is 2.22. The lowest BCUT2D eigenvalue weighted by molar-refractivity contribution is 0.0923. The van der Waals surface area contributed by atoms with Crippen LogP contribution in [0.15, 0.2) is 29.5 Å². The van der Waals surface area contributed by atoms with Gasteiger partial charge >= 0.3 is 0 Å². The molecular formula is C15H14ClN5O3. The minimum atomic E-state index is -0.474. The van der Waals surface area contributed by atoms with E-state index in [4.69, 9.17) is 11.6 Å². The summed E-state index contributed by atoms with van der Waals surface area (Å²) >= 11 is 5.86. The van der Waals surface area contributed by atoms with Crippen molar-refractivity contribution in [3.63, 3.8) is 0 Å². The zero-order valence-corrected chi connectivity index (χ0v) is 13.4. The van der Waals surface area contributed by atoms with Crippen LogP contribution in [0.3, 0.4) is 0 Å². The third kappa shape index (κ3) is 3.43. The summed E-state index contributed by atoms with van der Waals surface area (Å²) in [6.45, 7) is 1.73. The monoisotopic (exact) mass is 347 g/mol. The Labute approximate surface area is 141 Å². The molecule has 2 amide bonds. The predicted molar refractivity (Wildman–Crippen MR) is 86.0 cm³/mol. The maximum Gasteiger partial charge on any atom is 0.271 e. The van der Waals surface area contributed by atoms with Crippen molar-refractivity contribution in [2.24, 2.45) is 0 Å². The van der Waals surface area contributed by atoms with Gasteiger partial charge in [-0.2, -0.15) is 0 Å². The number of hydrogen-bond acceptors (Lipinski definition) is 5. The lowest BCUT2D eigenvalue weighted by atomic mass is 10.2. The van der Waals surface area contributed by atoms with Crippen LogP contribution in [0.25, 0.3) is 0 Å². The summed E-state index contributed by atoms with van der Waals surface area (Å²) in [7, 11) is 0. The van der Waals surface area contributed by atoms with Crippen LogP contribution >= 0.6 is 11.6 Å². The van der Waals surface area contributed by atoms with Crippen molar-refractivity contribution in [3.05, 3.63) is 57.0 Å². The lowest BCUT2D eigenvalue weighted by Crippen LogP contribution is -2.37. The van der Waals surface area contributed by atoms with E-state index in [9.17, 15) is 14.4 Å². The number of halogens is 1. The van der Waals surface area contributed by atoms with Gasteiger partial charge in [0.15, 0.2) is 0 Å². The Morgan fingerprint density at radius 3 is 2.62 bits per heavy atom. The van der Waals surface area contributed by atoms with Gasteiger partial charge in [-0.3, -0.25) is 14.4 Å². The Hall–Kier alpha value is -2.74. The van der Waals surface area contributed by atoms with Gasteiger partial charge in [0, 0.05) is 11.9 Å². The summed E-state index contributed by atoms with van der Waals surface area (Å²) < 4.78 is 0. The molecule has 0 aliphatic heterocycles. The second-order valence-corrected chi connectivity index (χ2v) is 5.91. The molecule has 2 heterocycles. The minimum Gasteiger partial charge on any atom is -0.347 e. The summed E-state index contributed by atoms with van der Waals surface area (Å²) in [6.07, 6.45) is 3.14. The van der Waals surface area contributed by atoms with Crippen molar-refractivity contribution < 1.29 is 9.59 Å². The van der Waals surface area contributed by atoms with Gasteiger partial charge in [-0.05, 0) is 25.5 Å². The predicted octanol–water partition coefficient (Wildman–Crippen LogP) is 0.427. The standard InChI is InChI=1S/C15H14ClN5O3/c1-7-2-3-8(13(22)19-7)14(23)20-10-4-11(10)21-15(24)12-9(16)5-17-6-18-12/h2-3,5-6,10-11H,4H2,1H3,(H,19,22)(H,20,23)(H,21,24)/t10-,11-/m1/s1. The van der Waals surface area contributed by atoms with Crippen LogP contribution in [0.1, 0.15) is 33.0 Å². The SMILES string of the molecule is Cc1ccc(C(=O)N[C@@H]2C[C@H]2NC(=O)c2ncncc2Cl)c(=O)[nH]1. The number of carbonyl (C=O) groups is 2. The third-order valence-electron chi connectivity index (χ3n) is 3.61. The topological polar surface area (TPSA) is 117 Å². The number of nitrogens with zero attached hydrogens (tertiary/aromatic N) is 2. The molecule has 8 nitrogen and oxygen atoms in total. The van der Waals surface area contributed by atoms with Gasteiger partial charge in [0.2, 0.25) is 0 Å². The van der Waals surface area contributed by atoms with E-state index in [0.29, 0.717) is 12.1 Å². The number of amides is 2. The van der Waals surface area contributed by atoms with Gasteiger partial charge < -0.3 is 15.6 Å². The molecule has 0 saturated heterocycles. The molecule has 2 atom stereocenters. The number of aryl methyl sites for hydroxylation is 1. The number of H-pyrrole nitrogens is 1. The normalized spacial score (nSPS) is 18.8. The van der Waals surface area contributed by atoms with Gasteiger partial charge in [-0.25, -0.2) is 9.97 Å². The molecule has 1 fully saturated rings. The summed E-state index contributed by atoms with van der Waals surface area (Å²) in [5.41, 5.74) is 0.353. The molecule has 2 aromatic rings. The average molecular weight is 348 g/mol. The maximum absolute atomic E-state index is 12.1. The van der Waals surface area contributed by atoms with E-state index in [1.54, 1.807) is 13.0 Å². The highest BCUT2D eigenvalue weighted by molar-refractivity contribution is 6.33.